The van der Waals surface area contributed by atoms with Crippen LogP contribution in [0.5, 0.6) is 0 Å². The van der Waals surface area contributed by atoms with Gasteiger partial charge in [-0.25, -0.2) is 0 Å². The third-order valence-electron chi connectivity index (χ3n) is 3.55. The summed E-state index contributed by atoms with van der Waals surface area (Å²) in [4.78, 5) is 21.8. The summed E-state index contributed by atoms with van der Waals surface area (Å²) in [6, 6.07) is -1.22. The van der Waals surface area contributed by atoms with Crippen LogP contribution in [-0.2, 0) is 9.59 Å². The fourth-order valence-electron chi connectivity index (χ4n) is 0.830. The molecule has 0 aliphatic carbocycles. The Balaban J connectivity index is 4.87. The van der Waals surface area contributed by atoms with E-state index in [-0.39, 0.29) is 0 Å². The molecule has 0 aromatic heterocycles. The van der Waals surface area contributed by atoms with Gasteiger partial charge in [0.05, 0.1) is 12.1 Å². The summed E-state index contributed by atoms with van der Waals surface area (Å²) in [6.07, 6.45) is 0. The van der Waals surface area contributed by atoms with Crippen LogP contribution in [0, 0.1) is 10.8 Å². The second kappa shape index (κ2) is 5.46. The van der Waals surface area contributed by atoms with E-state index in [1.165, 1.54) is 27.7 Å². The molecule has 0 aliphatic heterocycles. The Morgan fingerprint density at radius 1 is 0.833 bits per heavy atom. The monoisotopic (exact) mass is 256 g/mol. The molecule has 0 rings (SSSR count). The predicted octanol–water partition coefficient (Wildman–Crippen LogP) is -0.232. The van der Waals surface area contributed by atoms with Gasteiger partial charge < -0.3 is 19.8 Å². The van der Waals surface area contributed by atoms with Crippen LogP contribution in [0.15, 0.2) is 10.2 Å². The molecule has 2 unspecified atom stereocenters. The average molecular weight is 256 g/mol. The lowest BCUT2D eigenvalue weighted by Crippen LogP contribution is -2.45. The molecular formula is C12H20N2O4-2. The lowest BCUT2D eigenvalue weighted by Gasteiger charge is -2.31. The summed E-state index contributed by atoms with van der Waals surface area (Å²) in [6.45, 7) is 9.14. The minimum absolute atomic E-state index is 0.609. The molecule has 0 heterocycles. The lowest BCUT2D eigenvalue weighted by molar-refractivity contribution is -0.320. The maximum Gasteiger partial charge on any atom is 0.0783 e. The zero-order chi connectivity index (χ0) is 14.7. The molecule has 0 radical (unpaired) electrons. The minimum Gasteiger partial charge on any atom is -0.549 e. The van der Waals surface area contributed by atoms with Crippen molar-refractivity contribution in [3.05, 3.63) is 0 Å². The molecule has 0 bridgehead atoms. The maximum absolute atomic E-state index is 10.9. The first kappa shape index (κ1) is 16.5. The first-order chi connectivity index (χ1) is 7.94. The van der Waals surface area contributed by atoms with Crippen LogP contribution in [0.4, 0.5) is 0 Å². The summed E-state index contributed by atoms with van der Waals surface area (Å²) in [5.41, 5.74) is -2.32. The zero-order valence-electron chi connectivity index (χ0n) is 11.7. The summed E-state index contributed by atoms with van der Waals surface area (Å²) in [7, 11) is 0. The molecule has 6 nitrogen and oxygen atoms in total. The van der Waals surface area contributed by atoms with Crippen LogP contribution >= 0.6 is 0 Å². The highest BCUT2D eigenvalue weighted by Crippen LogP contribution is 2.26. The van der Waals surface area contributed by atoms with Gasteiger partial charge in [0.15, 0.2) is 0 Å². The van der Waals surface area contributed by atoms with Gasteiger partial charge in [0.25, 0.3) is 0 Å². The van der Waals surface area contributed by atoms with Crippen molar-refractivity contribution in [3.63, 3.8) is 0 Å². The Bertz CT molecular complexity index is 327. The second-order valence-electron chi connectivity index (χ2n) is 5.60. The van der Waals surface area contributed by atoms with E-state index in [9.17, 15) is 19.8 Å². The number of azo groups is 1. The standard InChI is InChI=1S/C12H22N2O4/c1-7(11(3,4)9(15)16)13-14-8(2)12(5,6)10(17)18/h7-8H,1-6H3,(H,15,16)(H,17,18)/p-2. The number of nitrogens with zero attached hydrogens (tertiary/aromatic N) is 2. The lowest BCUT2D eigenvalue weighted by atomic mass is 9.85. The SMILES string of the molecule is CC(N=NC(C)C(C)(C)C(=O)[O-])C(C)(C)C(=O)[O-]. The van der Waals surface area contributed by atoms with Crippen molar-refractivity contribution < 1.29 is 19.8 Å². The van der Waals surface area contributed by atoms with Gasteiger partial charge in [-0.15, -0.1) is 0 Å². The summed E-state index contributed by atoms with van der Waals surface area (Å²) < 4.78 is 0. The van der Waals surface area contributed by atoms with E-state index in [1.54, 1.807) is 13.8 Å². The van der Waals surface area contributed by atoms with Gasteiger partial charge in [0.1, 0.15) is 0 Å². The number of carboxylic acids is 2. The number of rotatable bonds is 6. The summed E-state index contributed by atoms with van der Waals surface area (Å²) >= 11 is 0. The van der Waals surface area contributed by atoms with Crippen LogP contribution in [-0.4, -0.2) is 24.0 Å². The van der Waals surface area contributed by atoms with Gasteiger partial charge in [0, 0.05) is 22.8 Å². The van der Waals surface area contributed by atoms with Crippen LogP contribution in [0.1, 0.15) is 41.5 Å². The molecule has 0 saturated heterocycles. The summed E-state index contributed by atoms with van der Waals surface area (Å²) in [5.74, 6) is -2.44. The van der Waals surface area contributed by atoms with Crippen LogP contribution in [0.2, 0.25) is 0 Å². The highest BCUT2D eigenvalue weighted by atomic mass is 16.4. The number of hydrogen-bond donors (Lipinski definition) is 0. The van der Waals surface area contributed by atoms with Crippen molar-refractivity contribution in [2.24, 2.45) is 21.1 Å². The Hall–Kier alpha value is -1.46. The molecule has 0 fully saturated rings. The Morgan fingerprint density at radius 3 is 1.22 bits per heavy atom. The van der Waals surface area contributed by atoms with E-state index in [2.05, 4.69) is 10.2 Å². The van der Waals surface area contributed by atoms with Gasteiger partial charge in [-0.1, -0.05) is 27.7 Å². The van der Waals surface area contributed by atoms with Crippen molar-refractivity contribution in [2.75, 3.05) is 0 Å². The number of carboxylic acid groups (broad SMARTS) is 2. The molecule has 0 aromatic carbocycles. The molecule has 0 aliphatic rings. The first-order valence-corrected chi connectivity index (χ1v) is 5.76. The quantitative estimate of drug-likeness (QED) is 0.612. The molecule has 0 amide bonds. The highest BCUT2D eigenvalue weighted by Gasteiger charge is 2.30. The second-order valence-corrected chi connectivity index (χ2v) is 5.60. The largest absolute Gasteiger partial charge is 0.549 e. The summed E-state index contributed by atoms with van der Waals surface area (Å²) in [5, 5.41) is 29.5. The van der Waals surface area contributed by atoms with E-state index in [0.29, 0.717) is 0 Å². The normalized spacial score (nSPS) is 16.6. The van der Waals surface area contributed by atoms with Gasteiger partial charge in [-0.05, 0) is 13.8 Å². The molecule has 0 aromatic rings. The molecule has 0 spiro atoms. The van der Waals surface area contributed by atoms with Gasteiger partial charge >= 0.3 is 0 Å². The van der Waals surface area contributed by atoms with Crippen LogP contribution < -0.4 is 10.2 Å². The molecule has 104 valence electrons. The third-order valence-corrected chi connectivity index (χ3v) is 3.55. The van der Waals surface area contributed by atoms with Gasteiger partial charge in [-0.3, -0.25) is 0 Å². The van der Waals surface area contributed by atoms with E-state index < -0.39 is 34.9 Å². The fraction of sp³-hybridized carbons (Fsp3) is 0.833. The van der Waals surface area contributed by atoms with E-state index in [1.807, 2.05) is 0 Å². The van der Waals surface area contributed by atoms with Crippen molar-refractivity contribution in [2.45, 2.75) is 53.6 Å². The smallest absolute Gasteiger partial charge is 0.0783 e. The zero-order valence-corrected chi connectivity index (χ0v) is 11.7. The molecule has 0 saturated carbocycles. The van der Waals surface area contributed by atoms with E-state index in [0.717, 1.165) is 0 Å². The van der Waals surface area contributed by atoms with E-state index >= 15 is 0 Å². The van der Waals surface area contributed by atoms with Crippen molar-refractivity contribution >= 4 is 11.9 Å². The van der Waals surface area contributed by atoms with E-state index in [4.69, 9.17) is 0 Å². The number of hydrogen-bond acceptors (Lipinski definition) is 6. The molecular weight excluding hydrogens is 236 g/mol. The van der Waals surface area contributed by atoms with Crippen LogP contribution in [0.25, 0.3) is 0 Å². The number of aliphatic carboxylic acids is 2. The fourth-order valence-corrected chi connectivity index (χ4v) is 0.830. The Morgan fingerprint density at radius 2 is 1.06 bits per heavy atom. The predicted molar refractivity (Wildman–Crippen MR) is 61.4 cm³/mol. The van der Waals surface area contributed by atoms with Gasteiger partial charge in [-0.2, -0.15) is 10.2 Å². The third kappa shape index (κ3) is 3.51. The maximum atomic E-state index is 10.9. The molecule has 18 heavy (non-hydrogen) atoms. The molecule has 6 heteroatoms. The van der Waals surface area contributed by atoms with Gasteiger partial charge in [0.2, 0.25) is 0 Å². The van der Waals surface area contributed by atoms with Crippen LogP contribution in [0.3, 0.4) is 0 Å². The average Bonchev–Trinajstić information content (AvgIpc) is 2.24. The van der Waals surface area contributed by atoms with Crippen molar-refractivity contribution in [3.8, 4) is 0 Å². The van der Waals surface area contributed by atoms with Crippen molar-refractivity contribution in [1.29, 1.82) is 0 Å². The number of carbonyl (C=O) groups excluding carboxylic acids is 2. The minimum atomic E-state index is -1.22. The topological polar surface area (TPSA) is 105 Å². The Labute approximate surface area is 107 Å². The first-order valence-electron chi connectivity index (χ1n) is 5.76. The highest BCUT2D eigenvalue weighted by molar-refractivity contribution is 5.72. The number of carbonyl (C=O) groups is 2. The molecule has 2 atom stereocenters. The Kier molecular flexibility index (Phi) is 5.01. The molecule has 0 N–H and O–H groups in total. The van der Waals surface area contributed by atoms with Crippen molar-refractivity contribution in [1.82, 2.24) is 0 Å².